The normalized spacial score (nSPS) is 12.5. The van der Waals surface area contributed by atoms with Crippen LogP contribution in [0.1, 0.15) is 246 Å². The van der Waals surface area contributed by atoms with Crippen molar-refractivity contribution in [3.63, 3.8) is 0 Å². The Hall–Kier alpha value is -1.72. The lowest BCUT2D eigenvalue weighted by molar-refractivity contribution is -0.138. The number of allylic oxidation sites excluding steroid dienone is 1. The van der Waals surface area contributed by atoms with Crippen LogP contribution in [-0.4, -0.2) is 29.7 Å². The van der Waals surface area contributed by atoms with Crippen LogP contribution >= 0.6 is 0 Å². The van der Waals surface area contributed by atoms with Gasteiger partial charge in [-0.15, -0.1) is 0 Å². The van der Waals surface area contributed by atoms with Crippen LogP contribution in [0.3, 0.4) is 0 Å². The number of amides is 1. The standard InChI is InChI=1S/C44H85NO5/c1-5-9-11-13-15-17-19-21-23-25-27-29-31-33-35-40(8-4)50-44(45-42(46)37-38-43(47)48)41(49-39-7-3)36-34-32-30-28-26-24-22-20-18-16-14-12-10-6-2/h40H,5-39H2,1-4H3,(H,45,46)(H,47,48)/b44-41+. The first-order valence-electron chi connectivity index (χ1n) is 22.0. The first-order chi connectivity index (χ1) is 24.5. The van der Waals surface area contributed by atoms with Gasteiger partial charge in [-0.3, -0.25) is 14.9 Å². The van der Waals surface area contributed by atoms with Gasteiger partial charge in [0, 0.05) is 12.8 Å². The summed E-state index contributed by atoms with van der Waals surface area (Å²) in [5.74, 6) is -0.164. The van der Waals surface area contributed by atoms with Crippen molar-refractivity contribution >= 4 is 11.9 Å². The molecule has 0 saturated heterocycles. The fourth-order valence-electron chi connectivity index (χ4n) is 6.61. The molecule has 0 aromatic rings. The largest absolute Gasteiger partial charge is 0.492 e. The topological polar surface area (TPSA) is 84.9 Å². The van der Waals surface area contributed by atoms with E-state index in [4.69, 9.17) is 14.6 Å². The predicted molar refractivity (Wildman–Crippen MR) is 213 cm³/mol. The molecule has 0 aromatic heterocycles. The van der Waals surface area contributed by atoms with E-state index in [9.17, 15) is 9.59 Å². The lowest BCUT2D eigenvalue weighted by Gasteiger charge is -2.23. The highest BCUT2D eigenvalue weighted by atomic mass is 16.5. The van der Waals surface area contributed by atoms with Crippen LogP contribution in [0.15, 0.2) is 11.6 Å². The van der Waals surface area contributed by atoms with E-state index in [1.54, 1.807) is 0 Å². The Morgan fingerprint density at radius 2 is 0.900 bits per heavy atom. The monoisotopic (exact) mass is 708 g/mol. The summed E-state index contributed by atoms with van der Waals surface area (Å²) in [6.07, 6.45) is 40.2. The van der Waals surface area contributed by atoms with Crippen molar-refractivity contribution in [1.82, 2.24) is 5.32 Å². The van der Waals surface area contributed by atoms with Gasteiger partial charge < -0.3 is 14.6 Å². The van der Waals surface area contributed by atoms with E-state index >= 15 is 0 Å². The molecule has 1 unspecified atom stereocenters. The van der Waals surface area contributed by atoms with E-state index in [1.165, 1.54) is 161 Å². The number of unbranched alkanes of at least 4 members (excludes halogenated alkanes) is 26. The first kappa shape index (κ1) is 48.3. The van der Waals surface area contributed by atoms with Gasteiger partial charge in [0.25, 0.3) is 0 Å². The number of hydrogen-bond donors (Lipinski definition) is 2. The number of carboxylic acids is 1. The number of carbonyl (C=O) groups is 2. The highest BCUT2D eigenvalue weighted by Crippen LogP contribution is 2.22. The number of carbonyl (C=O) groups excluding carboxylic acids is 1. The van der Waals surface area contributed by atoms with E-state index in [-0.39, 0.29) is 24.9 Å². The third-order valence-corrected chi connectivity index (χ3v) is 9.93. The molecule has 1 amide bonds. The maximum Gasteiger partial charge on any atom is 0.303 e. The molecule has 0 heterocycles. The second kappa shape index (κ2) is 38.5. The minimum Gasteiger partial charge on any atom is -0.492 e. The second-order valence-electron chi connectivity index (χ2n) is 14.9. The van der Waals surface area contributed by atoms with Gasteiger partial charge >= 0.3 is 5.97 Å². The average Bonchev–Trinajstić information content (AvgIpc) is 3.11. The van der Waals surface area contributed by atoms with Crippen molar-refractivity contribution in [3.8, 4) is 0 Å². The Labute approximate surface area is 311 Å². The van der Waals surface area contributed by atoms with Crippen molar-refractivity contribution in [2.75, 3.05) is 6.61 Å². The Bertz CT molecular complexity index is 782. The minimum absolute atomic E-state index is 0.00123. The highest BCUT2D eigenvalue weighted by molar-refractivity contribution is 5.81. The zero-order valence-corrected chi connectivity index (χ0v) is 33.9. The SMILES string of the molecule is CCCCCCCCCCCCCCCC/C(OCCC)=C(/NC(=O)CCC(=O)O)OC(CC)CCCCCCCCCCCCCCCC. The average molecular weight is 708 g/mol. The summed E-state index contributed by atoms with van der Waals surface area (Å²) in [5, 5.41) is 12.0. The summed E-state index contributed by atoms with van der Waals surface area (Å²) in [6, 6.07) is 0. The van der Waals surface area contributed by atoms with Crippen molar-refractivity contribution in [2.24, 2.45) is 0 Å². The summed E-state index contributed by atoms with van der Waals surface area (Å²) < 4.78 is 12.7. The molecule has 6 heteroatoms. The van der Waals surface area contributed by atoms with Gasteiger partial charge in [0.05, 0.1) is 13.0 Å². The van der Waals surface area contributed by atoms with Crippen LogP contribution in [0.25, 0.3) is 0 Å². The number of ether oxygens (including phenoxy) is 2. The van der Waals surface area contributed by atoms with Crippen LogP contribution in [0.5, 0.6) is 0 Å². The third-order valence-electron chi connectivity index (χ3n) is 9.93. The lowest BCUT2D eigenvalue weighted by Crippen LogP contribution is -2.29. The molecule has 0 radical (unpaired) electrons. The molecule has 1 atom stereocenters. The molecule has 0 aliphatic rings. The Balaban J connectivity index is 4.69. The molecule has 0 spiro atoms. The Kier molecular flexibility index (Phi) is 37.2. The summed E-state index contributed by atoms with van der Waals surface area (Å²) >= 11 is 0. The number of rotatable bonds is 40. The summed E-state index contributed by atoms with van der Waals surface area (Å²) in [4.78, 5) is 23.9. The molecule has 296 valence electrons. The van der Waals surface area contributed by atoms with E-state index in [2.05, 4.69) is 33.0 Å². The van der Waals surface area contributed by atoms with E-state index in [0.29, 0.717) is 18.2 Å². The van der Waals surface area contributed by atoms with Crippen LogP contribution in [0, 0.1) is 0 Å². The summed E-state index contributed by atoms with van der Waals surface area (Å²) in [5.41, 5.74) is 0. The van der Waals surface area contributed by atoms with E-state index in [1.807, 2.05) is 0 Å². The van der Waals surface area contributed by atoms with Crippen LogP contribution in [0.4, 0.5) is 0 Å². The highest BCUT2D eigenvalue weighted by Gasteiger charge is 2.19. The molecule has 50 heavy (non-hydrogen) atoms. The minimum atomic E-state index is -0.972. The van der Waals surface area contributed by atoms with Gasteiger partial charge in [0.1, 0.15) is 6.10 Å². The van der Waals surface area contributed by atoms with Crippen molar-refractivity contribution < 1.29 is 24.2 Å². The maximum atomic E-state index is 12.8. The summed E-state index contributed by atoms with van der Waals surface area (Å²) in [6.45, 7) is 9.35. The Morgan fingerprint density at radius 1 is 0.500 bits per heavy atom. The first-order valence-corrected chi connectivity index (χ1v) is 22.0. The lowest BCUT2D eigenvalue weighted by atomic mass is 10.0. The third kappa shape index (κ3) is 33.4. The van der Waals surface area contributed by atoms with E-state index < -0.39 is 5.97 Å². The molecule has 0 aliphatic carbocycles. The van der Waals surface area contributed by atoms with E-state index in [0.717, 1.165) is 44.9 Å². The predicted octanol–water partition coefficient (Wildman–Crippen LogP) is 14.1. The quantitative estimate of drug-likeness (QED) is 0.0489. The van der Waals surface area contributed by atoms with Crippen LogP contribution in [0.2, 0.25) is 0 Å². The molecule has 0 bridgehead atoms. The fraction of sp³-hybridized carbons (Fsp3) is 0.909. The molecule has 0 aliphatic heterocycles. The summed E-state index contributed by atoms with van der Waals surface area (Å²) in [7, 11) is 0. The zero-order chi connectivity index (χ0) is 36.8. The van der Waals surface area contributed by atoms with Crippen LogP contribution in [-0.2, 0) is 19.1 Å². The van der Waals surface area contributed by atoms with Gasteiger partial charge in [-0.25, -0.2) is 0 Å². The van der Waals surface area contributed by atoms with Gasteiger partial charge in [0.2, 0.25) is 11.8 Å². The number of nitrogens with one attached hydrogen (secondary N) is 1. The van der Waals surface area contributed by atoms with Gasteiger partial charge in [-0.05, 0) is 32.1 Å². The molecule has 0 saturated carbocycles. The molecule has 2 N–H and O–H groups in total. The molecule has 0 fully saturated rings. The number of aliphatic carboxylic acids is 1. The molecular weight excluding hydrogens is 622 g/mol. The van der Waals surface area contributed by atoms with Crippen molar-refractivity contribution in [1.29, 1.82) is 0 Å². The van der Waals surface area contributed by atoms with Gasteiger partial charge in [-0.2, -0.15) is 0 Å². The second-order valence-corrected chi connectivity index (χ2v) is 14.9. The molecular formula is C44H85NO5. The zero-order valence-electron chi connectivity index (χ0n) is 33.9. The number of hydrogen-bond acceptors (Lipinski definition) is 4. The van der Waals surface area contributed by atoms with Crippen molar-refractivity contribution in [3.05, 3.63) is 11.6 Å². The Morgan fingerprint density at radius 3 is 1.28 bits per heavy atom. The maximum absolute atomic E-state index is 12.8. The van der Waals surface area contributed by atoms with Gasteiger partial charge in [0.15, 0.2) is 5.76 Å². The number of carboxylic acid groups (broad SMARTS) is 1. The molecule has 0 rings (SSSR count). The van der Waals surface area contributed by atoms with Crippen molar-refractivity contribution in [2.45, 2.75) is 252 Å². The molecule has 0 aromatic carbocycles. The fourth-order valence-corrected chi connectivity index (χ4v) is 6.61. The molecule has 6 nitrogen and oxygen atoms in total. The smallest absolute Gasteiger partial charge is 0.303 e. The van der Waals surface area contributed by atoms with Crippen LogP contribution < -0.4 is 5.32 Å². The van der Waals surface area contributed by atoms with Gasteiger partial charge in [-0.1, -0.05) is 195 Å².